The molecular weight excluding hydrogens is 292 g/mol. The van der Waals surface area contributed by atoms with E-state index in [0.29, 0.717) is 39.3 Å². The highest BCUT2D eigenvalue weighted by molar-refractivity contribution is 5.83. The van der Waals surface area contributed by atoms with Gasteiger partial charge in [-0.3, -0.25) is 9.78 Å². The second-order valence-corrected chi connectivity index (χ2v) is 5.78. The molecule has 0 aromatic carbocycles. The van der Waals surface area contributed by atoms with Crippen molar-refractivity contribution in [2.75, 3.05) is 39.3 Å². The number of piperazine rings is 1. The number of nitrogens with zero attached hydrogens (tertiary/aromatic N) is 4. The van der Waals surface area contributed by atoms with Gasteiger partial charge in [0.25, 0.3) is 0 Å². The lowest BCUT2D eigenvalue weighted by atomic mass is 10.0. The van der Waals surface area contributed by atoms with Gasteiger partial charge in [-0.15, -0.1) is 0 Å². The van der Waals surface area contributed by atoms with Crippen LogP contribution in [0.15, 0.2) is 24.5 Å². The van der Waals surface area contributed by atoms with Gasteiger partial charge in [0.2, 0.25) is 5.91 Å². The number of rotatable bonds is 4. The second kappa shape index (κ2) is 7.94. The zero-order valence-corrected chi connectivity index (χ0v) is 14.2. The van der Waals surface area contributed by atoms with E-state index in [-0.39, 0.29) is 17.9 Å². The summed E-state index contributed by atoms with van der Waals surface area (Å²) in [6, 6.07) is 3.85. The average molecular weight is 318 g/mol. The summed E-state index contributed by atoms with van der Waals surface area (Å²) >= 11 is 0. The molecule has 6 nitrogen and oxygen atoms in total. The van der Waals surface area contributed by atoms with Gasteiger partial charge in [0.15, 0.2) is 0 Å². The molecule has 3 amide bonds. The lowest BCUT2D eigenvalue weighted by Crippen LogP contribution is -2.54. The maximum Gasteiger partial charge on any atom is 0.320 e. The molecule has 1 unspecified atom stereocenters. The number of urea groups is 1. The molecule has 0 bridgehead atoms. The molecule has 1 saturated heterocycles. The molecular formula is C17H26N4O2. The molecule has 126 valence electrons. The van der Waals surface area contributed by atoms with Gasteiger partial charge >= 0.3 is 6.03 Å². The van der Waals surface area contributed by atoms with Gasteiger partial charge in [-0.25, -0.2) is 4.79 Å². The normalized spacial score (nSPS) is 16.1. The Morgan fingerprint density at radius 3 is 2.30 bits per heavy atom. The van der Waals surface area contributed by atoms with E-state index < -0.39 is 0 Å². The van der Waals surface area contributed by atoms with Gasteiger partial charge in [-0.1, -0.05) is 6.07 Å². The van der Waals surface area contributed by atoms with Crippen molar-refractivity contribution in [1.82, 2.24) is 19.7 Å². The molecule has 1 atom stereocenters. The van der Waals surface area contributed by atoms with Crippen LogP contribution in [0.2, 0.25) is 0 Å². The first kappa shape index (κ1) is 17.2. The summed E-state index contributed by atoms with van der Waals surface area (Å²) in [6.45, 7) is 9.69. The van der Waals surface area contributed by atoms with Crippen LogP contribution >= 0.6 is 0 Å². The zero-order valence-electron chi connectivity index (χ0n) is 14.2. The van der Waals surface area contributed by atoms with Crippen LogP contribution in [0.5, 0.6) is 0 Å². The fourth-order valence-electron chi connectivity index (χ4n) is 2.86. The second-order valence-electron chi connectivity index (χ2n) is 5.78. The van der Waals surface area contributed by atoms with Crippen molar-refractivity contribution in [2.24, 2.45) is 0 Å². The van der Waals surface area contributed by atoms with Crippen molar-refractivity contribution >= 4 is 11.9 Å². The number of aromatic nitrogens is 1. The number of amides is 3. The van der Waals surface area contributed by atoms with Gasteiger partial charge in [0, 0.05) is 51.7 Å². The average Bonchev–Trinajstić information content (AvgIpc) is 2.62. The van der Waals surface area contributed by atoms with Crippen molar-refractivity contribution in [3.8, 4) is 0 Å². The Balaban J connectivity index is 1.91. The summed E-state index contributed by atoms with van der Waals surface area (Å²) in [5.74, 6) is -0.0957. The maximum absolute atomic E-state index is 12.6. The largest absolute Gasteiger partial charge is 0.339 e. The summed E-state index contributed by atoms with van der Waals surface area (Å²) in [6.07, 6.45) is 3.45. The molecule has 1 aromatic heterocycles. The smallest absolute Gasteiger partial charge is 0.320 e. The molecule has 1 aliphatic rings. The molecule has 1 aliphatic heterocycles. The molecule has 0 N–H and O–H groups in total. The highest BCUT2D eigenvalue weighted by atomic mass is 16.2. The molecule has 0 radical (unpaired) electrons. The SMILES string of the molecule is CCN(CC)C(=O)N1CCN(C(=O)C(C)c2cccnc2)CC1. The lowest BCUT2D eigenvalue weighted by molar-refractivity contribution is -0.133. The monoisotopic (exact) mass is 318 g/mol. The first-order valence-corrected chi connectivity index (χ1v) is 8.31. The number of carbonyl (C=O) groups is 2. The van der Waals surface area contributed by atoms with Crippen molar-refractivity contribution in [3.05, 3.63) is 30.1 Å². The van der Waals surface area contributed by atoms with Crippen LogP contribution in [0.1, 0.15) is 32.3 Å². The molecule has 0 saturated carbocycles. The summed E-state index contributed by atoms with van der Waals surface area (Å²) < 4.78 is 0. The Kier molecular flexibility index (Phi) is 5.96. The van der Waals surface area contributed by atoms with Gasteiger partial charge in [-0.05, 0) is 32.4 Å². The minimum absolute atomic E-state index is 0.0717. The Morgan fingerprint density at radius 2 is 1.78 bits per heavy atom. The van der Waals surface area contributed by atoms with Crippen LogP contribution in [0.3, 0.4) is 0 Å². The minimum atomic E-state index is -0.200. The van der Waals surface area contributed by atoms with E-state index in [1.165, 1.54) is 0 Å². The first-order chi connectivity index (χ1) is 11.1. The van der Waals surface area contributed by atoms with Crippen LogP contribution in [-0.2, 0) is 4.79 Å². The summed E-state index contributed by atoms with van der Waals surface area (Å²) in [7, 11) is 0. The van der Waals surface area contributed by atoms with E-state index in [0.717, 1.165) is 5.56 Å². The third-order valence-corrected chi connectivity index (χ3v) is 4.45. The lowest BCUT2D eigenvalue weighted by Gasteiger charge is -2.38. The Labute approximate surface area is 138 Å². The highest BCUT2D eigenvalue weighted by Crippen LogP contribution is 2.18. The summed E-state index contributed by atoms with van der Waals surface area (Å²) in [5, 5.41) is 0. The molecule has 6 heteroatoms. The van der Waals surface area contributed by atoms with Gasteiger partial charge in [0.1, 0.15) is 0 Å². The van der Waals surface area contributed by atoms with Crippen molar-refractivity contribution in [3.63, 3.8) is 0 Å². The minimum Gasteiger partial charge on any atom is -0.339 e. The molecule has 0 spiro atoms. The standard InChI is InChI=1S/C17H26N4O2/c1-4-19(5-2)17(23)21-11-9-20(10-12-21)16(22)14(3)15-7-6-8-18-13-15/h6-8,13-14H,4-5,9-12H2,1-3H3. The predicted octanol–water partition coefficient (Wildman–Crippen LogP) is 1.79. The summed E-state index contributed by atoms with van der Waals surface area (Å²) in [4.78, 5) is 34.5. The van der Waals surface area contributed by atoms with Gasteiger partial charge < -0.3 is 14.7 Å². The third-order valence-electron chi connectivity index (χ3n) is 4.45. The quantitative estimate of drug-likeness (QED) is 0.850. The molecule has 23 heavy (non-hydrogen) atoms. The third kappa shape index (κ3) is 4.00. The molecule has 1 aromatic rings. The van der Waals surface area contributed by atoms with Crippen molar-refractivity contribution in [1.29, 1.82) is 0 Å². The highest BCUT2D eigenvalue weighted by Gasteiger charge is 2.28. The fraction of sp³-hybridized carbons (Fsp3) is 0.588. The van der Waals surface area contributed by atoms with Crippen LogP contribution in [0.25, 0.3) is 0 Å². The van der Waals surface area contributed by atoms with Gasteiger partial charge in [0.05, 0.1) is 5.92 Å². The van der Waals surface area contributed by atoms with Crippen LogP contribution < -0.4 is 0 Å². The van der Waals surface area contributed by atoms with Crippen LogP contribution in [0.4, 0.5) is 4.79 Å². The number of carbonyl (C=O) groups excluding carboxylic acids is 2. The number of pyridine rings is 1. The molecule has 0 aliphatic carbocycles. The molecule has 1 fully saturated rings. The van der Waals surface area contributed by atoms with Crippen LogP contribution in [-0.4, -0.2) is 70.9 Å². The van der Waals surface area contributed by atoms with Crippen molar-refractivity contribution in [2.45, 2.75) is 26.7 Å². The first-order valence-electron chi connectivity index (χ1n) is 8.31. The number of hydrogen-bond donors (Lipinski definition) is 0. The fourth-order valence-corrected chi connectivity index (χ4v) is 2.86. The molecule has 2 heterocycles. The van der Waals surface area contributed by atoms with Gasteiger partial charge in [-0.2, -0.15) is 0 Å². The zero-order chi connectivity index (χ0) is 16.8. The Bertz CT molecular complexity index is 523. The van der Waals surface area contributed by atoms with E-state index in [1.54, 1.807) is 12.4 Å². The van der Waals surface area contributed by atoms with Crippen molar-refractivity contribution < 1.29 is 9.59 Å². The molecule has 2 rings (SSSR count). The summed E-state index contributed by atoms with van der Waals surface area (Å²) in [5.41, 5.74) is 0.930. The van der Waals surface area contributed by atoms with E-state index in [4.69, 9.17) is 0 Å². The van der Waals surface area contributed by atoms with E-state index in [1.807, 2.05) is 47.6 Å². The predicted molar refractivity (Wildman–Crippen MR) is 89.1 cm³/mol. The maximum atomic E-state index is 12.6. The topological polar surface area (TPSA) is 56.8 Å². The van der Waals surface area contributed by atoms with E-state index in [9.17, 15) is 9.59 Å². The van der Waals surface area contributed by atoms with Crippen LogP contribution in [0, 0.1) is 0 Å². The van der Waals surface area contributed by atoms with E-state index >= 15 is 0 Å². The Hall–Kier alpha value is -2.11. The Morgan fingerprint density at radius 1 is 1.17 bits per heavy atom. The van der Waals surface area contributed by atoms with E-state index in [2.05, 4.69) is 4.98 Å². The number of hydrogen-bond acceptors (Lipinski definition) is 3.